The Morgan fingerprint density at radius 2 is 1.78 bits per heavy atom. The van der Waals surface area contributed by atoms with E-state index in [9.17, 15) is 4.79 Å². The summed E-state index contributed by atoms with van der Waals surface area (Å²) in [5.74, 6) is 1.34. The minimum absolute atomic E-state index is 0.245. The second kappa shape index (κ2) is 6.55. The van der Waals surface area contributed by atoms with E-state index in [2.05, 4.69) is 20.8 Å². The Morgan fingerprint density at radius 3 is 2.17 bits per heavy atom. The Morgan fingerprint density at radius 1 is 1.22 bits per heavy atom. The lowest BCUT2D eigenvalue weighted by Crippen LogP contribution is -2.41. The van der Waals surface area contributed by atoms with Crippen molar-refractivity contribution in [3.8, 4) is 0 Å². The molecule has 0 atom stereocenters. The maximum Gasteiger partial charge on any atom is 0.225 e. The topological polar surface area (TPSA) is 46.3 Å². The molecule has 0 aliphatic heterocycles. The number of hydrogen-bond acceptors (Lipinski definition) is 2. The van der Waals surface area contributed by atoms with Gasteiger partial charge < -0.3 is 10.6 Å². The van der Waals surface area contributed by atoms with E-state index < -0.39 is 0 Å². The number of carbonyl (C=O) groups is 1. The van der Waals surface area contributed by atoms with E-state index in [4.69, 9.17) is 5.73 Å². The largest absolute Gasteiger partial charge is 0.341 e. The van der Waals surface area contributed by atoms with Gasteiger partial charge in [0.05, 0.1) is 0 Å². The monoisotopic (exact) mass is 254 g/mol. The van der Waals surface area contributed by atoms with Crippen LogP contribution in [0.3, 0.4) is 0 Å². The van der Waals surface area contributed by atoms with Crippen LogP contribution in [0.5, 0.6) is 0 Å². The first-order valence-electron chi connectivity index (χ1n) is 7.39. The zero-order chi connectivity index (χ0) is 13.8. The van der Waals surface area contributed by atoms with Crippen molar-refractivity contribution >= 4 is 5.91 Å². The molecule has 1 aliphatic rings. The molecular weight excluding hydrogens is 224 g/mol. The lowest BCUT2D eigenvalue weighted by molar-refractivity contribution is -0.136. The summed E-state index contributed by atoms with van der Waals surface area (Å²) in [5, 5.41) is 0. The van der Waals surface area contributed by atoms with Crippen LogP contribution in [0, 0.1) is 17.3 Å². The molecule has 0 aromatic carbocycles. The molecule has 18 heavy (non-hydrogen) atoms. The van der Waals surface area contributed by atoms with Gasteiger partial charge in [0.2, 0.25) is 5.91 Å². The molecule has 1 fully saturated rings. The highest BCUT2D eigenvalue weighted by Gasteiger charge is 2.33. The number of nitrogens with zero attached hydrogens (tertiary/aromatic N) is 1. The number of amides is 1. The summed E-state index contributed by atoms with van der Waals surface area (Å²) >= 11 is 0. The number of nitrogens with two attached hydrogens (primary N) is 1. The fraction of sp³-hybridized carbons (Fsp3) is 0.933. The predicted molar refractivity (Wildman–Crippen MR) is 76.2 cm³/mol. The number of rotatable bonds is 4. The highest BCUT2D eigenvalue weighted by atomic mass is 16.2. The number of likely N-dealkylation sites (N-methyl/N-ethyl adjacent to an activating group) is 1. The minimum atomic E-state index is 0.245. The molecule has 0 saturated heterocycles. The van der Waals surface area contributed by atoms with Crippen molar-refractivity contribution < 1.29 is 4.79 Å². The molecule has 1 saturated carbocycles. The molecule has 3 heteroatoms. The SMILES string of the molecule is CCN(CCN)C(=O)C1CCC(C(C)(C)C)CC1. The fourth-order valence-electron chi connectivity index (χ4n) is 3.04. The molecule has 0 spiro atoms. The molecule has 0 bridgehead atoms. The Hall–Kier alpha value is -0.570. The van der Waals surface area contributed by atoms with Crippen LogP contribution in [0.2, 0.25) is 0 Å². The van der Waals surface area contributed by atoms with Gasteiger partial charge in [0.1, 0.15) is 0 Å². The minimum Gasteiger partial charge on any atom is -0.341 e. The summed E-state index contributed by atoms with van der Waals surface area (Å²) in [6.45, 7) is 11.0. The second-order valence-electron chi connectivity index (χ2n) is 6.62. The summed E-state index contributed by atoms with van der Waals surface area (Å²) in [6.07, 6.45) is 4.50. The van der Waals surface area contributed by atoms with Crippen molar-refractivity contribution in [1.29, 1.82) is 0 Å². The standard InChI is InChI=1S/C15H30N2O/c1-5-17(11-10-16)14(18)12-6-8-13(9-7-12)15(2,3)4/h12-13H,5-11,16H2,1-4H3. The maximum absolute atomic E-state index is 12.3. The molecule has 0 aromatic rings. The van der Waals surface area contributed by atoms with E-state index >= 15 is 0 Å². The molecule has 1 rings (SSSR count). The number of hydrogen-bond donors (Lipinski definition) is 1. The summed E-state index contributed by atoms with van der Waals surface area (Å²) < 4.78 is 0. The first-order valence-corrected chi connectivity index (χ1v) is 7.39. The summed E-state index contributed by atoms with van der Waals surface area (Å²) in [6, 6.07) is 0. The van der Waals surface area contributed by atoms with Crippen LogP contribution in [0.15, 0.2) is 0 Å². The average molecular weight is 254 g/mol. The van der Waals surface area contributed by atoms with Crippen molar-refractivity contribution in [2.75, 3.05) is 19.6 Å². The normalized spacial score (nSPS) is 24.9. The molecule has 1 amide bonds. The summed E-state index contributed by atoms with van der Waals surface area (Å²) in [5.41, 5.74) is 5.94. The first kappa shape index (κ1) is 15.5. The van der Waals surface area contributed by atoms with Crippen LogP contribution in [-0.2, 0) is 4.79 Å². The van der Waals surface area contributed by atoms with Gasteiger partial charge in [0, 0.05) is 25.6 Å². The third-order valence-corrected chi connectivity index (χ3v) is 4.39. The quantitative estimate of drug-likeness (QED) is 0.838. The average Bonchev–Trinajstić information content (AvgIpc) is 2.34. The highest BCUT2D eigenvalue weighted by Crippen LogP contribution is 2.40. The number of carbonyl (C=O) groups excluding carboxylic acids is 1. The van der Waals surface area contributed by atoms with E-state index in [1.807, 2.05) is 11.8 Å². The highest BCUT2D eigenvalue weighted by molar-refractivity contribution is 5.78. The van der Waals surface area contributed by atoms with Crippen molar-refractivity contribution in [3.63, 3.8) is 0 Å². The molecule has 0 radical (unpaired) electrons. The van der Waals surface area contributed by atoms with Crippen molar-refractivity contribution in [2.45, 2.75) is 53.4 Å². The zero-order valence-electron chi connectivity index (χ0n) is 12.5. The van der Waals surface area contributed by atoms with Gasteiger partial charge in [-0.2, -0.15) is 0 Å². The molecule has 1 aliphatic carbocycles. The third kappa shape index (κ3) is 3.98. The van der Waals surface area contributed by atoms with Crippen LogP contribution in [-0.4, -0.2) is 30.4 Å². The van der Waals surface area contributed by atoms with Gasteiger partial charge in [-0.25, -0.2) is 0 Å². The smallest absolute Gasteiger partial charge is 0.225 e. The van der Waals surface area contributed by atoms with Gasteiger partial charge in [0.25, 0.3) is 0 Å². The van der Waals surface area contributed by atoms with Gasteiger partial charge in [-0.15, -0.1) is 0 Å². The summed E-state index contributed by atoms with van der Waals surface area (Å²) in [7, 11) is 0. The van der Waals surface area contributed by atoms with E-state index in [0.717, 1.165) is 25.3 Å². The van der Waals surface area contributed by atoms with Gasteiger partial charge in [0.15, 0.2) is 0 Å². The van der Waals surface area contributed by atoms with Gasteiger partial charge in [-0.05, 0) is 43.9 Å². The van der Waals surface area contributed by atoms with Gasteiger partial charge in [-0.1, -0.05) is 20.8 Å². The zero-order valence-corrected chi connectivity index (χ0v) is 12.5. The Bertz CT molecular complexity index is 262. The molecule has 106 valence electrons. The summed E-state index contributed by atoms with van der Waals surface area (Å²) in [4.78, 5) is 14.3. The molecule has 0 aromatic heterocycles. The van der Waals surface area contributed by atoms with E-state index in [-0.39, 0.29) is 5.92 Å². The van der Waals surface area contributed by atoms with Gasteiger partial charge >= 0.3 is 0 Å². The van der Waals surface area contributed by atoms with E-state index in [0.29, 0.717) is 24.4 Å². The molecule has 2 N–H and O–H groups in total. The molecule has 3 nitrogen and oxygen atoms in total. The first-order chi connectivity index (χ1) is 8.40. The van der Waals surface area contributed by atoms with Crippen molar-refractivity contribution in [1.82, 2.24) is 4.90 Å². The van der Waals surface area contributed by atoms with Gasteiger partial charge in [-0.3, -0.25) is 4.79 Å². The van der Waals surface area contributed by atoms with E-state index in [1.165, 1.54) is 12.8 Å². The Balaban J connectivity index is 2.49. The van der Waals surface area contributed by atoms with Crippen molar-refractivity contribution in [3.05, 3.63) is 0 Å². The van der Waals surface area contributed by atoms with Crippen molar-refractivity contribution in [2.24, 2.45) is 23.0 Å². The lowest BCUT2D eigenvalue weighted by atomic mass is 9.69. The molecule has 0 heterocycles. The maximum atomic E-state index is 12.3. The van der Waals surface area contributed by atoms with Crippen LogP contribution in [0.25, 0.3) is 0 Å². The van der Waals surface area contributed by atoms with Crippen LogP contribution in [0.1, 0.15) is 53.4 Å². The second-order valence-corrected chi connectivity index (χ2v) is 6.62. The van der Waals surface area contributed by atoms with Crippen LogP contribution >= 0.6 is 0 Å². The third-order valence-electron chi connectivity index (χ3n) is 4.39. The fourth-order valence-corrected chi connectivity index (χ4v) is 3.04. The lowest BCUT2D eigenvalue weighted by Gasteiger charge is -2.37. The Kier molecular flexibility index (Phi) is 5.64. The van der Waals surface area contributed by atoms with E-state index in [1.54, 1.807) is 0 Å². The Labute approximate surface area is 112 Å². The molecular formula is C15H30N2O. The van der Waals surface area contributed by atoms with Crippen LogP contribution < -0.4 is 5.73 Å². The predicted octanol–water partition coefficient (Wildman–Crippen LogP) is 2.65. The van der Waals surface area contributed by atoms with Crippen LogP contribution in [0.4, 0.5) is 0 Å². The molecule has 0 unspecified atom stereocenters.